The first kappa shape index (κ1) is 21.1. The molecule has 3 rings (SSSR count). The van der Waals surface area contributed by atoms with E-state index in [1.807, 2.05) is 19.2 Å². The number of nitrogens with one attached hydrogen (secondary N) is 2. The molecule has 1 saturated carbocycles. The van der Waals surface area contributed by atoms with Crippen LogP contribution in [-0.4, -0.2) is 47.1 Å². The molecule has 1 aliphatic carbocycles. The zero-order valence-electron chi connectivity index (χ0n) is 17.8. The average Bonchev–Trinajstić information content (AvgIpc) is 3.13. The van der Waals surface area contributed by atoms with Crippen LogP contribution < -0.4 is 10.6 Å². The van der Waals surface area contributed by atoms with E-state index in [4.69, 9.17) is 14.7 Å². The molecule has 29 heavy (non-hydrogen) atoms. The van der Waals surface area contributed by atoms with Gasteiger partial charge in [0.1, 0.15) is 5.65 Å². The maximum absolute atomic E-state index is 11.9. The maximum Gasteiger partial charge on any atom is 0.308 e. The first-order chi connectivity index (χ1) is 14.1. The van der Waals surface area contributed by atoms with Gasteiger partial charge in [0.15, 0.2) is 5.96 Å². The van der Waals surface area contributed by atoms with Crippen molar-refractivity contribution in [3.05, 3.63) is 35.8 Å². The van der Waals surface area contributed by atoms with Crippen molar-refractivity contribution >= 4 is 17.6 Å². The van der Waals surface area contributed by atoms with Gasteiger partial charge in [-0.25, -0.2) is 4.98 Å². The number of carbonyl (C=O) groups is 1. The second-order valence-corrected chi connectivity index (χ2v) is 7.61. The number of hydrogen-bond donors (Lipinski definition) is 2. The molecule has 2 aromatic rings. The van der Waals surface area contributed by atoms with Crippen molar-refractivity contribution in [1.82, 2.24) is 20.0 Å². The minimum Gasteiger partial charge on any atom is -0.466 e. The fraction of sp³-hybridized carbons (Fsp3) is 0.591. The van der Waals surface area contributed by atoms with Gasteiger partial charge in [0, 0.05) is 37.9 Å². The summed E-state index contributed by atoms with van der Waals surface area (Å²) >= 11 is 0. The molecule has 0 amide bonds. The van der Waals surface area contributed by atoms with Crippen molar-refractivity contribution in [2.75, 3.05) is 19.7 Å². The third-order valence-corrected chi connectivity index (χ3v) is 5.40. The van der Waals surface area contributed by atoms with Gasteiger partial charge in [0.05, 0.1) is 18.2 Å². The number of fused-ring (bicyclic) bond motifs is 1. The molecule has 1 aliphatic rings. The number of ether oxygens (including phenoxy) is 1. The Balaban J connectivity index is 1.52. The first-order valence-corrected chi connectivity index (χ1v) is 10.7. The molecule has 0 saturated heterocycles. The smallest absolute Gasteiger partial charge is 0.308 e. The van der Waals surface area contributed by atoms with Gasteiger partial charge in [-0.15, -0.1) is 0 Å². The minimum atomic E-state index is -0.0470. The van der Waals surface area contributed by atoms with Crippen LogP contribution in [0.1, 0.15) is 50.8 Å². The largest absolute Gasteiger partial charge is 0.466 e. The highest BCUT2D eigenvalue weighted by Crippen LogP contribution is 2.25. The molecule has 0 aliphatic heterocycles. The van der Waals surface area contributed by atoms with Crippen LogP contribution in [0.3, 0.4) is 0 Å². The summed E-state index contributed by atoms with van der Waals surface area (Å²) < 4.78 is 7.23. The number of pyridine rings is 1. The second kappa shape index (κ2) is 10.3. The lowest BCUT2D eigenvalue weighted by Crippen LogP contribution is -2.45. The van der Waals surface area contributed by atoms with Crippen molar-refractivity contribution in [1.29, 1.82) is 0 Å². The van der Waals surface area contributed by atoms with Gasteiger partial charge in [0.2, 0.25) is 0 Å². The highest BCUT2D eigenvalue weighted by Gasteiger charge is 2.27. The van der Waals surface area contributed by atoms with E-state index in [2.05, 4.69) is 41.1 Å². The lowest BCUT2D eigenvalue weighted by molar-refractivity contribution is -0.149. The average molecular weight is 400 g/mol. The Morgan fingerprint density at radius 1 is 1.31 bits per heavy atom. The molecule has 0 radical (unpaired) electrons. The summed E-state index contributed by atoms with van der Waals surface area (Å²) in [6.45, 7) is 7.96. The summed E-state index contributed by atoms with van der Waals surface area (Å²) in [6.07, 6.45) is 8.56. The van der Waals surface area contributed by atoms with Crippen LogP contribution in [0.2, 0.25) is 0 Å². The summed E-state index contributed by atoms with van der Waals surface area (Å²) in [4.78, 5) is 21.4. The van der Waals surface area contributed by atoms with Crippen LogP contribution in [0.5, 0.6) is 0 Å². The standard InChI is InChI=1S/C22H33N5O2/c1-4-23-22(26-18-10-8-17(9-11-18)21(28)29-5-2)24-13-12-19-15-27-14-6-7-16(3)20(27)25-19/h6-7,14-15,17-18H,4-5,8-13H2,1-3H3,(H2,23,24,26). The van der Waals surface area contributed by atoms with Crippen LogP contribution in [0.15, 0.2) is 29.5 Å². The van der Waals surface area contributed by atoms with Crippen LogP contribution in [0.4, 0.5) is 0 Å². The third-order valence-electron chi connectivity index (χ3n) is 5.40. The lowest BCUT2D eigenvalue weighted by atomic mass is 9.86. The lowest BCUT2D eigenvalue weighted by Gasteiger charge is -2.29. The zero-order valence-corrected chi connectivity index (χ0v) is 17.8. The SMILES string of the molecule is CCNC(=NCCc1cn2cccc(C)c2n1)NC1CCC(C(=O)OCC)CC1. The molecule has 7 heteroatoms. The number of nitrogens with zero attached hydrogens (tertiary/aromatic N) is 3. The Morgan fingerprint density at radius 2 is 2.10 bits per heavy atom. The molecule has 0 atom stereocenters. The number of rotatable bonds is 7. The van der Waals surface area contributed by atoms with Gasteiger partial charge >= 0.3 is 5.97 Å². The Morgan fingerprint density at radius 3 is 2.79 bits per heavy atom. The second-order valence-electron chi connectivity index (χ2n) is 7.61. The molecule has 7 nitrogen and oxygen atoms in total. The number of hydrogen-bond acceptors (Lipinski definition) is 4. The van der Waals surface area contributed by atoms with Crippen molar-refractivity contribution in [2.24, 2.45) is 10.9 Å². The van der Waals surface area contributed by atoms with E-state index in [1.54, 1.807) is 0 Å². The zero-order chi connectivity index (χ0) is 20.6. The molecule has 2 heterocycles. The van der Waals surface area contributed by atoms with E-state index in [1.165, 1.54) is 5.56 Å². The van der Waals surface area contributed by atoms with Crippen LogP contribution in [0, 0.1) is 12.8 Å². The molecule has 0 unspecified atom stereocenters. The summed E-state index contributed by atoms with van der Waals surface area (Å²) in [5, 5.41) is 6.86. The quantitative estimate of drug-likeness (QED) is 0.425. The van der Waals surface area contributed by atoms with Gasteiger partial charge in [-0.05, 0) is 58.1 Å². The highest BCUT2D eigenvalue weighted by atomic mass is 16.5. The Hall–Kier alpha value is -2.57. The number of aliphatic imine (C=N–C) groups is 1. The monoisotopic (exact) mass is 399 g/mol. The predicted molar refractivity (Wildman–Crippen MR) is 115 cm³/mol. The molecular weight excluding hydrogens is 366 g/mol. The molecule has 0 spiro atoms. The van der Waals surface area contributed by atoms with Gasteiger partial charge < -0.3 is 19.8 Å². The Kier molecular flexibility index (Phi) is 7.49. The van der Waals surface area contributed by atoms with Gasteiger partial charge in [-0.1, -0.05) is 6.07 Å². The van der Waals surface area contributed by atoms with Gasteiger partial charge in [-0.3, -0.25) is 9.79 Å². The molecule has 158 valence electrons. The fourth-order valence-corrected chi connectivity index (χ4v) is 3.85. The number of esters is 1. The molecule has 0 bridgehead atoms. The van der Waals surface area contributed by atoms with E-state index < -0.39 is 0 Å². The molecular formula is C22H33N5O2. The Bertz CT molecular complexity index is 837. The fourth-order valence-electron chi connectivity index (χ4n) is 3.85. The van der Waals surface area contributed by atoms with E-state index in [0.29, 0.717) is 19.2 Å². The molecule has 2 N–H and O–H groups in total. The Labute approximate surface area is 173 Å². The first-order valence-electron chi connectivity index (χ1n) is 10.7. The summed E-state index contributed by atoms with van der Waals surface area (Å²) in [6, 6.07) is 4.46. The minimum absolute atomic E-state index is 0.0470. The number of aromatic nitrogens is 2. The predicted octanol–water partition coefficient (Wildman–Crippen LogP) is 2.86. The molecule has 1 fully saturated rings. The van der Waals surface area contributed by atoms with E-state index in [9.17, 15) is 4.79 Å². The number of imidazole rings is 1. The number of guanidine groups is 1. The van der Waals surface area contributed by atoms with Crippen LogP contribution in [0.25, 0.3) is 5.65 Å². The van der Waals surface area contributed by atoms with E-state index in [-0.39, 0.29) is 11.9 Å². The molecule has 0 aromatic carbocycles. The maximum atomic E-state index is 11.9. The van der Waals surface area contributed by atoms with E-state index >= 15 is 0 Å². The summed E-state index contributed by atoms with van der Waals surface area (Å²) in [5.74, 6) is 0.840. The van der Waals surface area contributed by atoms with Crippen molar-refractivity contribution in [3.63, 3.8) is 0 Å². The van der Waals surface area contributed by atoms with Crippen molar-refractivity contribution in [2.45, 2.75) is 58.9 Å². The number of aryl methyl sites for hydroxylation is 1. The normalized spacial score (nSPS) is 19.9. The molecule has 2 aromatic heterocycles. The van der Waals surface area contributed by atoms with Gasteiger partial charge in [0.25, 0.3) is 0 Å². The van der Waals surface area contributed by atoms with Crippen LogP contribution >= 0.6 is 0 Å². The third kappa shape index (κ3) is 5.71. The number of carbonyl (C=O) groups excluding carboxylic acids is 1. The summed E-state index contributed by atoms with van der Waals surface area (Å²) in [5.41, 5.74) is 3.24. The van der Waals surface area contributed by atoms with Crippen LogP contribution in [-0.2, 0) is 16.0 Å². The highest BCUT2D eigenvalue weighted by molar-refractivity contribution is 5.80. The van der Waals surface area contributed by atoms with Crippen molar-refractivity contribution in [3.8, 4) is 0 Å². The van der Waals surface area contributed by atoms with Gasteiger partial charge in [-0.2, -0.15) is 0 Å². The topological polar surface area (TPSA) is 80.0 Å². The van der Waals surface area contributed by atoms with E-state index in [0.717, 1.165) is 55.9 Å². The summed E-state index contributed by atoms with van der Waals surface area (Å²) in [7, 11) is 0. The van der Waals surface area contributed by atoms with Crippen molar-refractivity contribution < 1.29 is 9.53 Å².